The number of halogens is 3. The molecule has 0 unspecified atom stereocenters. The second-order valence-corrected chi connectivity index (χ2v) is 6.72. The molecule has 8 nitrogen and oxygen atoms in total. The highest BCUT2D eigenvalue weighted by molar-refractivity contribution is 5.87. The summed E-state index contributed by atoms with van der Waals surface area (Å²) in [6.07, 6.45) is -3.36. The van der Waals surface area contributed by atoms with E-state index >= 15 is 0 Å². The Morgan fingerprint density at radius 1 is 1.12 bits per heavy atom. The van der Waals surface area contributed by atoms with Crippen LogP contribution in [0.15, 0.2) is 71.8 Å². The molecule has 2 N–H and O–H groups in total. The molecule has 3 aromatic carbocycles. The summed E-state index contributed by atoms with van der Waals surface area (Å²) < 4.78 is 43.9. The number of nitro benzene ring substituents is 1. The van der Waals surface area contributed by atoms with Crippen molar-refractivity contribution in [3.05, 3.63) is 99.1 Å². The van der Waals surface area contributed by atoms with Crippen molar-refractivity contribution in [2.24, 2.45) is 5.10 Å². The number of ether oxygens (including phenoxy) is 1. The molecule has 170 valence electrons. The lowest BCUT2D eigenvalue weighted by Gasteiger charge is -2.08. The average Bonchev–Trinajstić information content (AvgIpc) is 2.78. The number of nitrogens with one attached hydrogen (secondary N) is 1. The van der Waals surface area contributed by atoms with Gasteiger partial charge in [0.05, 0.1) is 22.3 Å². The molecule has 0 heterocycles. The number of hydrazone groups is 1. The first-order valence-electron chi connectivity index (χ1n) is 9.33. The SMILES string of the molecule is O=C(O)c1cccc(COc2ccc(/C=N\Nc3ccc(C(F)(F)F)cc3[N+](=O)[O-])cc2)c1. The van der Waals surface area contributed by atoms with Crippen molar-refractivity contribution in [2.45, 2.75) is 12.8 Å². The molecule has 0 aromatic heterocycles. The van der Waals surface area contributed by atoms with Crippen LogP contribution in [0.25, 0.3) is 0 Å². The lowest BCUT2D eigenvalue weighted by atomic mass is 10.1. The maximum Gasteiger partial charge on any atom is 0.416 e. The van der Waals surface area contributed by atoms with Crippen molar-refractivity contribution in [2.75, 3.05) is 5.43 Å². The number of alkyl halides is 3. The van der Waals surface area contributed by atoms with E-state index in [9.17, 15) is 28.1 Å². The number of nitrogens with zero attached hydrogens (tertiary/aromatic N) is 2. The Kier molecular flexibility index (Phi) is 6.91. The number of carboxylic acid groups (broad SMARTS) is 1. The average molecular weight is 459 g/mol. The first-order valence-corrected chi connectivity index (χ1v) is 9.33. The molecular weight excluding hydrogens is 443 g/mol. The molecule has 0 aliphatic rings. The van der Waals surface area contributed by atoms with Crippen LogP contribution in [0, 0.1) is 10.1 Å². The molecule has 0 bridgehead atoms. The van der Waals surface area contributed by atoms with Crippen LogP contribution >= 0.6 is 0 Å². The molecule has 33 heavy (non-hydrogen) atoms. The highest BCUT2D eigenvalue weighted by atomic mass is 19.4. The van der Waals surface area contributed by atoms with Crippen molar-refractivity contribution in [1.82, 2.24) is 0 Å². The summed E-state index contributed by atoms with van der Waals surface area (Å²) in [5.74, 6) is -0.519. The number of hydrogen-bond donors (Lipinski definition) is 2. The summed E-state index contributed by atoms with van der Waals surface area (Å²) in [7, 11) is 0. The minimum absolute atomic E-state index is 0.156. The summed E-state index contributed by atoms with van der Waals surface area (Å²) in [5.41, 5.74) is 1.74. The summed E-state index contributed by atoms with van der Waals surface area (Å²) in [6.45, 7) is 0.160. The van der Waals surface area contributed by atoms with Crippen molar-refractivity contribution in [1.29, 1.82) is 0 Å². The highest BCUT2D eigenvalue weighted by Crippen LogP contribution is 2.34. The van der Waals surface area contributed by atoms with Gasteiger partial charge in [0, 0.05) is 6.07 Å². The first kappa shape index (κ1) is 23.3. The minimum Gasteiger partial charge on any atom is -0.489 e. The Morgan fingerprint density at radius 3 is 2.48 bits per heavy atom. The molecule has 0 fully saturated rings. The third-order valence-corrected chi connectivity index (χ3v) is 4.38. The van der Waals surface area contributed by atoms with Crippen LogP contribution in [0.3, 0.4) is 0 Å². The molecule has 0 atom stereocenters. The van der Waals surface area contributed by atoms with Crippen molar-refractivity contribution in [3.63, 3.8) is 0 Å². The molecule has 0 saturated heterocycles. The summed E-state index contributed by atoms with van der Waals surface area (Å²) in [5, 5.41) is 23.9. The predicted octanol–water partition coefficient (Wildman–Crippen LogP) is 5.34. The number of carbonyl (C=O) groups is 1. The van der Waals surface area contributed by atoms with E-state index in [0.717, 1.165) is 12.1 Å². The van der Waals surface area contributed by atoms with Gasteiger partial charge in [-0.2, -0.15) is 18.3 Å². The van der Waals surface area contributed by atoms with E-state index in [1.54, 1.807) is 36.4 Å². The normalized spacial score (nSPS) is 11.4. The molecular formula is C22H16F3N3O5. The van der Waals surface area contributed by atoms with Crippen LogP contribution in [-0.2, 0) is 12.8 Å². The van der Waals surface area contributed by atoms with E-state index in [2.05, 4.69) is 10.5 Å². The zero-order valence-corrected chi connectivity index (χ0v) is 16.7. The van der Waals surface area contributed by atoms with E-state index in [1.807, 2.05) is 0 Å². The molecule has 11 heteroatoms. The van der Waals surface area contributed by atoms with E-state index in [0.29, 0.717) is 22.9 Å². The van der Waals surface area contributed by atoms with Gasteiger partial charge in [0.15, 0.2) is 0 Å². The van der Waals surface area contributed by atoms with Crippen LogP contribution in [0.1, 0.15) is 27.0 Å². The standard InChI is InChI=1S/C22H16F3N3O5/c23-22(24,25)17-6-9-19(20(11-17)28(31)32)27-26-12-14-4-7-18(8-5-14)33-13-15-2-1-3-16(10-15)21(29)30/h1-12,27H,13H2,(H,29,30)/b26-12-. The fraction of sp³-hybridized carbons (Fsp3) is 0.0909. The van der Waals surface area contributed by atoms with E-state index in [1.165, 1.54) is 18.3 Å². The number of anilines is 1. The molecule has 0 spiro atoms. The smallest absolute Gasteiger partial charge is 0.416 e. The quantitative estimate of drug-likeness (QED) is 0.267. The Balaban J connectivity index is 1.62. The second-order valence-electron chi connectivity index (χ2n) is 6.72. The molecule has 0 radical (unpaired) electrons. The monoisotopic (exact) mass is 459 g/mol. The minimum atomic E-state index is -4.70. The van der Waals surface area contributed by atoms with Crippen LogP contribution in [0.2, 0.25) is 0 Å². The number of carboxylic acids is 1. The number of nitro groups is 1. The largest absolute Gasteiger partial charge is 0.489 e. The van der Waals surface area contributed by atoms with E-state index < -0.39 is 28.3 Å². The highest BCUT2D eigenvalue weighted by Gasteiger charge is 2.33. The number of benzene rings is 3. The van der Waals surface area contributed by atoms with Gasteiger partial charge in [0.1, 0.15) is 18.0 Å². The Labute approximate surface area is 185 Å². The van der Waals surface area contributed by atoms with E-state index in [4.69, 9.17) is 9.84 Å². The maximum absolute atomic E-state index is 12.8. The van der Waals surface area contributed by atoms with Gasteiger partial charge in [-0.25, -0.2) is 4.79 Å². The van der Waals surface area contributed by atoms with Gasteiger partial charge in [0.25, 0.3) is 5.69 Å². The van der Waals surface area contributed by atoms with Crippen LogP contribution in [-0.4, -0.2) is 22.2 Å². The van der Waals surface area contributed by atoms with Gasteiger partial charge in [-0.3, -0.25) is 15.5 Å². The summed E-state index contributed by atoms with van der Waals surface area (Å²) in [6, 6.07) is 15.0. The number of hydrogen-bond acceptors (Lipinski definition) is 6. The van der Waals surface area contributed by atoms with Gasteiger partial charge in [-0.1, -0.05) is 12.1 Å². The van der Waals surface area contributed by atoms with Gasteiger partial charge in [-0.15, -0.1) is 0 Å². The van der Waals surface area contributed by atoms with Crippen LogP contribution in [0.4, 0.5) is 24.5 Å². The molecule has 3 aromatic rings. The fourth-order valence-electron chi connectivity index (χ4n) is 2.74. The fourth-order valence-corrected chi connectivity index (χ4v) is 2.74. The van der Waals surface area contributed by atoms with Gasteiger partial charge in [0.2, 0.25) is 0 Å². The third-order valence-electron chi connectivity index (χ3n) is 4.38. The zero-order valence-electron chi connectivity index (χ0n) is 16.7. The molecule has 0 saturated carbocycles. The molecule has 0 aliphatic carbocycles. The maximum atomic E-state index is 12.8. The number of rotatable bonds is 8. The van der Waals surface area contributed by atoms with Gasteiger partial charge < -0.3 is 9.84 Å². The molecule has 3 rings (SSSR count). The van der Waals surface area contributed by atoms with Gasteiger partial charge >= 0.3 is 12.1 Å². The topological polar surface area (TPSA) is 114 Å². The van der Waals surface area contributed by atoms with Crippen molar-refractivity contribution >= 4 is 23.6 Å². The van der Waals surface area contributed by atoms with E-state index in [-0.39, 0.29) is 17.9 Å². The second kappa shape index (κ2) is 9.81. The summed E-state index contributed by atoms with van der Waals surface area (Å²) in [4.78, 5) is 21.2. The van der Waals surface area contributed by atoms with Gasteiger partial charge in [-0.05, 0) is 59.7 Å². The molecule has 0 amide bonds. The third kappa shape index (κ3) is 6.29. The Bertz CT molecular complexity index is 1190. The predicted molar refractivity (Wildman–Crippen MR) is 113 cm³/mol. The van der Waals surface area contributed by atoms with Crippen molar-refractivity contribution in [3.8, 4) is 5.75 Å². The van der Waals surface area contributed by atoms with Crippen LogP contribution < -0.4 is 10.2 Å². The Morgan fingerprint density at radius 2 is 1.85 bits per heavy atom. The lowest BCUT2D eigenvalue weighted by Crippen LogP contribution is -2.06. The zero-order chi connectivity index (χ0) is 24.0. The first-order chi connectivity index (χ1) is 15.6. The molecule has 0 aliphatic heterocycles. The van der Waals surface area contributed by atoms with Crippen molar-refractivity contribution < 1.29 is 32.7 Å². The van der Waals surface area contributed by atoms with Crippen LogP contribution in [0.5, 0.6) is 5.75 Å². The summed E-state index contributed by atoms with van der Waals surface area (Å²) >= 11 is 0. The Hall–Kier alpha value is -4.41. The number of aromatic carboxylic acids is 1. The lowest BCUT2D eigenvalue weighted by molar-refractivity contribution is -0.384.